The molecule has 2 rings (SSSR count). The van der Waals surface area contributed by atoms with E-state index >= 15 is 0 Å². The molecule has 0 aliphatic heterocycles. The summed E-state index contributed by atoms with van der Waals surface area (Å²) in [5.74, 6) is 0.472. The van der Waals surface area contributed by atoms with Crippen LogP contribution in [0.1, 0.15) is 52.5 Å². The van der Waals surface area contributed by atoms with Gasteiger partial charge in [0, 0.05) is 23.1 Å². The number of amides is 1. The van der Waals surface area contributed by atoms with Gasteiger partial charge in [-0.2, -0.15) is 0 Å². The number of alkyl carbamates (subject to hydrolysis) is 1. The van der Waals surface area contributed by atoms with E-state index in [0.717, 1.165) is 17.3 Å². The molecule has 1 aromatic rings. The van der Waals surface area contributed by atoms with E-state index in [1.54, 1.807) is 0 Å². The monoisotopic (exact) mass is 410 g/mol. The van der Waals surface area contributed by atoms with Crippen molar-refractivity contribution >= 4 is 22.0 Å². The quantitative estimate of drug-likeness (QED) is 0.716. The van der Waals surface area contributed by atoms with Gasteiger partial charge in [-0.3, -0.25) is 0 Å². The maximum Gasteiger partial charge on any atom is 0.407 e. The number of carbonyl (C=O) groups is 1. The largest absolute Gasteiger partial charge is 0.444 e. The molecule has 0 spiro atoms. The van der Waals surface area contributed by atoms with Crippen molar-refractivity contribution in [3.05, 3.63) is 34.3 Å². The van der Waals surface area contributed by atoms with Crippen LogP contribution >= 0.6 is 15.9 Å². The molecule has 0 heterocycles. The lowest BCUT2D eigenvalue weighted by atomic mass is 10.0. The molecule has 5 heteroatoms. The van der Waals surface area contributed by atoms with E-state index in [4.69, 9.17) is 4.74 Å². The van der Waals surface area contributed by atoms with Gasteiger partial charge < -0.3 is 15.4 Å². The molecule has 2 N–H and O–H groups in total. The van der Waals surface area contributed by atoms with Crippen molar-refractivity contribution < 1.29 is 9.53 Å². The SMILES string of the molecule is CC(Cc1ccc(Br)cc1)NC1CCCC1CNC(=O)OC(C)(C)C. The fourth-order valence-electron chi connectivity index (χ4n) is 3.43. The molecule has 0 saturated heterocycles. The molecule has 140 valence electrons. The minimum absolute atomic E-state index is 0.318. The summed E-state index contributed by atoms with van der Waals surface area (Å²) in [6.07, 6.45) is 4.23. The number of hydrogen-bond acceptors (Lipinski definition) is 3. The van der Waals surface area contributed by atoms with Gasteiger partial charge in [0.05, 0.1) is 0 Å². The smallest absolute Gasteiger partial charge is 0.407 e. The lowest BCUT2D eigenvalue weighted by Gasteiger charge is -2.26. The molecule has 1 aromatic carbocycles. The Labute approximate surface area is 160 Å². The van der Waals surface area contributed by atoms with E-state index in [1.807, 2.05) is 20.8 Å². The standard InChI is InChI=1S/C20H31BrN2O2/c1-14(12-15-8-10-17(21)11-9-15)23-18-7-5-6-16(18)13-22-19(24)25-20(2,3)4/h8-11,14,16,18,23H,5-7,12-13H2,1-4H3,(H,22,24). The molecule has 0 bridgehead atoms. The van der Waals surface area contributed by atoms with E-state index in [0.29, 0.717) is 24.5 Å². The van der Waals surface area contributed by atoms with E-state index in [1.165, 1.54) is 18.4 Å². The first kappa shape index (κ1) is 20.2. The Hall–Kier alpha value is -1.07. The van der Waals surface area contributed by atoms with Crippen LogP contribution in [0, 0.1) is 5.92 Å². The molecule has 1 aliphatic rings. The molecular formula is C20H31BrN2O2. The molecular weight excluding hydrogens is 380 g/mol. The van der Waals surface area contributed by atoms with Crippen molar-refractivity contribution in [2.45, 2.75) is 71.1 Å². The average Bonchev–Trinajstić information content (AvgIpc) is 2.93. The van der Waals surface area contributed by atoms with Gasteiger partial charge in [-0.25, -0.2) is 4.79 Å². The van der Waals surface area contributed by atoms with Gasteiger partial charge in [-0.15, -0.1) is 0 Å². The van der Waals surface area contributed by atoms with Gasteiger partial charge in [0.2, 0.25) is 0 Å². The van der Waals surface area contributed by atoms with Crippen LogP contribution in [0.3, 0.4) is 0 Å². The summed E-state index contributed by atoms with van der Waals surface area (Å²) in [7, 11) is 0. The summed E-state index contributed by atoms with van der Waals surface area (Å²) in [5.41, 5.74) is 0.890. The van der Waals surface area contributed by atoms with Gasteiger partial charge in [0.25, 0.3) is 0 Å². The highest BCUT2D eigenvalue weighted by Crippen LogP contribution is 2.26. The number of carbonyl (C=O) groups excluding carboxylic acids is 1. The summed E-state index contributed by atoms with van der Waals surface area (Å²) in [4.78, 5) is 11.9. The number of ether oxygens (including phenoxy) is 1. The van der Waals surface area contributed by atoms with Crippen LogP contribution in [0.15, 0.2) is 28.7 Å². The van der Waals surface area contributed by atoms with Crippen LogP contribution in [0.5, 0.6) is 0 Å². The van der Waals surface area contributed by atoms with Gasteiger partial charge >= 0.3 is 6.09 Å². The van der Waals surface area contributed by atoms with Crippen molar-refractivity contribution in [1.29, 1.82) is 0 Å². The van der Waals surface area contributed by atoms with Crippen LogP contribution < -0.4 is 10.6 Å². The molecule has 3 unspecified atom stereocenters. The Kier molecular flexibility index (Phi) is 7.32. The van der Waals surface area contributed by atoms with E-state index in [2.05, 4.69) is 57.8 Å². The Morgan fingerprint density at radius 2 is 1.96 bits per heavy atom. The van der Waals surface area contributed by atoms with E-state index in [9.17, 15) is 4.79 Å². The third-order valence-corrected chi connectivity index (χ3v) is 5.05. The van der Waals surface area contributed by atoms with Gasteiger partial charge in [-0.05, 0) is 70.6 Å². The Morgan fingerprint density at radius 1 is 1.28 bits per heavy atom. The maximum absolute atomic E-state index is 11.9. The molecule has 0 aromatic heterocycles. The van der Waals surface area contributed by atoms with Crippen LogP contribution in [0.25, 0.3) is 0 Å². The zero-order valence-corrected chi connectivity index (χ0v) is 17.4. The maximum atomic E-state index is 11.9. The summed E-state index contributed by atoms with van der Waals surface area (Å²) >= 11 is 3.48. The topological polar surface area (TPSA) is 50.4 Å². The molecule has 3 atom stereocenters. The minimum Gasteiger partial charge on any atom is -0.444 e. The number of rotatable bonds is 6. The lowest BCUT2D eigenvalue weighted by Crippen LogP contribution is -2.44. The predicted molar refractivity (Wildman–Crippen MR) is 106 cm³/mol. The highest BCUT2D eigenvalue weighted by molar-refractivity contribution is 9.10. The van der Waals surface area contributed by atoms with Crippen molar-refractivity contribution in [3.8, 4) is 0 Å². The molecule has 25 heavy (non-hydrogen) atoms. The van der Waals surface area contributed by atoms with Crippen LogP contribution in [-0.4, -0.2) is 30.3 Å². The summed E-state index contributed by atoms with van der Waals surface area (Å²) in [6, 6.07) is 9.38. The Morgan fingerprint density at radius 3 is 2.60 bits per heavy atom. The van der Waals surface area contributed by atoms with Crippen LogP contribution in [0.4, 0.5) is 4.79 Å². The van der Waals surface area contributed by atoms with Crippen molar-refractivity contribution in [3.63, 3.8) is 0 Å². The predicted octanol–water partition coefficient (Wildman–Crippen LogP) is 4.66. The van der Waals surface area contributed by atoms with Gasteiger partial charge in [0.1, 0.15) is 5.60 Å². The Balaban J connectivity index is 1.78. The highest BCUT2D eigenvalue weighted by atomic mass is 79.9. The zero-order valence-electron chi connectivity index (χ0n) is 15.8. The molecule has 0 radical (unpaired) electrons. The van der Waals surface area contributed by atoms with E-state index < -0.39 is 5.60 Å². The zero-order chi connectivity index (χ0) is 18.4. The first-order valence-electron chi connectivity index (χ1n) is 9.20. The highest BCUT2D eigenvalue weighted by Gasteiger charge is 2.29. The van der Waals surface area contributed by atoms with Crippen molar-refractivity contribution in [2.24, 2.45) is 5.92 Å². The summed E-state index contributed by atoms with van der Waals surface area (Å²) in [6.45, 7) is 8.57. The molecule has 1 fully saturated rings. The third-order valence-electron chi connectivity index (χ3n) is 4.52. The van der Waals surface area contributed by atoms with Crippen LogP contribution in [0.2, 0.25) is 0 Å². The molecule has 1 aliphatic carbocycles. The number of halogens is 1. The van der Waals surface area contributed by atoms with Gasteiger partial charge in [0.15, 0.2) is 0 Å². The van der Waals surface area contributed by atoms with E-state index in [-0.39, 0.29) is 6.09 Å². The number of benzene rings is 1. The lowest BCUT2D eigenvalue weighted by molar-refractivity contribution is 0.0517. The molecule has 4 nitrogen and oxygen atoms in total. The third kappa shape index (κ3) is 7.37. The fourth-order valence-corrected chi connectivity index (χ4v) is 3.69. The second kappa shape index (κ2) is 9.04. The second-order valence-corrected chi connectivity index (χ2v) is 8.99. The van der Waals surface area contributed by atoms with Crippen LogP contribution in [-0.2, 0) is 11.2 Å². The molecule has 1 saturated carbocycles. The van der Waals surface area contributed by atoms with Crippen molar-refractivity contribution in [1.82, 2.24) is 10.6 Å². The summed E-state index contributed by atoms with van der Waals surface area (Å²) in [5, 5.41) is 6.69. The van der Waals surface area contributed by atoms with Gasteiger partial charge in [-0.1, -0.05) is 34.5 Å². The average molecular weight is 411 g/mol. The minimum atomic E-state index is -0.448. The number of nitrogens with one attached hydrogen (secondary N) is 2. The second-order valence-electron chi connectivity index (χ2n) is 8.08. The summed E-state index contributed by atoms with van der Waals surface area (Å²) < 4.78 is 6.44. The fraction of sp³-hybridized carbons (Fsp3) is 0.650. The first-order valence-corrected chi connectivity index (χ1v) is 9.99. The number of hydrogen-bond donors (Lipinski definition) is 2. The first-order chi connectivity index (χ1) is 11.7. The van der Waals surface area contributed by atoms with Crippen molar-refractivity contribution in [2.75, 3.05) is 6.54 Å². The normalized spacial score (nSPS) is 21.8. The Bertz CT molecular complexity index is 554. The molecule has 1 amide bonds.